The van der Waals surface area contributed by atoms with Crippen molar-refractivity contribution in [2.24, 2.45) is 0 Å². The average molecular weight is 1100 g/mol. The predicted molar refractivity (Wildman–Crippen MR) is 343 cm³/mol. The molecule has 0 bridgehead atoms. The van der Waals surface area contributed by atoms with Gasteiger partial charge in [0.05, 0.1) is 25.4 Å². The fourth-order valence-electron chi connectivity index (χ4n) is 11.0. The van der Waals surface area contributed by atoms with Crippen molar-refractivity contribution in [3.8, 4) is 0 Å². The number of aliphatic hydroxyl groups excluding tert-OH is 2. The summed E-state index contributed by atoms with van der Waals surface area (Å²) < 4.78 is 5.48. The lowest BCUT2D eigenvalue weighted by Crippen LogP contribution is -2.45. The Morgan fingerprint density at radius 1 is 0.359 bits per heavy atom. The van der Waals surface area contributed by atoms with Crippen molar-refractivity contribution in [2.75, 3.05) is 13.2 Å². The third-order valence-electron chi connectivity index (χ3n) is 16.4. The first-order valence-corrected chi connectivity index (χ1v) is 35.3. The van der Waals surface area contributed by atoms with Gasteiger partial charge in [0.25, 0.3) is 0 Å². The molecule has 0 aliphatic heterocycles. The zero-order valence-corrected chi connectivity index (χ0v) is 52.7. The Kier molecular flexibility index (Phi) is 65.9. The zero-order chi connectivity index (χ0) is 56.4. The molecule has 0 aromatic carbocycles. The van der Waals surface area contributed by atoms with E-state index in [1.807, 2.05) is 6.08 Å². The van der Waals surface area contributed by atoms with Crippen LogP contribution in [0.2, 0.25) is 0 Å². The number of amides is 1. The highest BCUT2D eigenvalue weighted by molar-refractivity contribution is 5.76. The quantitative estimate of drug-likeness (QED) is 0.0320. The summed E-state index contributed by atoms with van der Waals surface area (Å²) in [5, 5.41) is 23.2. The smallest absolute Gasteiger partial charge is 0.305 e. The van der Waals surface area contributed by atoms with Gasteiger partial charge in [-0.15, -0.1) is 0 Å². The molecule has 0 aliphatic carbocycles. The highest BCUT2D eigenvalue weighted by atomic mass is 16.5. The van der Waals surface area contributed by atoms with E-state index in [-0.39, 0.29) is 18.5 Å². The van der Waals surface area contributed by atoms with Crippen LogP contribution in [0.25, 0.3) is 0 Å². The van der Waals surface area contributed by atoms with E-state index in [0.29, 0.717) is 19.4 Å². The van der Waals surface area contributed by atoms with Crippen LogP contribution < -0.4 is 5.32 Å². The monoisotopic (exact) mass is 1100 g/mol. The number of esters is 1. The van der Waals surface area contributed by atoms with Crippen LogP contribution in [-0.2, 0) is 14.3 Å². The normalized spacial score (nSPS) is 12.7. The lowest BCUT2D eigenvalue weighted by Gasteiger charge is -2.20. The molecule has 6 nitrogen and oxygen atoms in total. The van der Waals surface area contributed by atoms with Crippen LogP contribution in [0, 0.1) is 0 Å². The molecule has 0 radical (unpaired) electrons. The summed E-state index contributed by atoms with van der Waals surface area (Å²) in [5.41, 5.74) is 0. The van der Waals surface area contributed by atoms with Crippen molar-refractivity contribution in [1.82, 2.24) is 5.32 Å². The zero-order valence-electron chi connectivity index (χ0n) is 52.7. The van der Waals surface area contributed by atoms with Crippen LogP contribution in [0.5, 0.6) is 0 Å². The summed E-state index contributed by atoms with van der Waals surface area (Å²) in [5.74, 6) is -0.0482. The third kappa shape index (κ3) is 63.3. The van der Waals surface area contributed by atoms with Gasteiger partial charge in [0.15, 0.2) is 0 Å². The van der Waals surface area contributed by atoms with Gasteiger partial charge < -0.3 is 20.3 Å². The molecule has 3 N–H and O–H groups in total. The molecule has 460 valence electrons. The van der Waals surface area contributed by atoms with Crippen molar-refractivity contribution >= 4 is 11.9 Å². The number of hydrogen-bond acceptors (Lipinski definition) is 5. The van der Waals surface area contributed by atoms with Gasteiger partial charge in [0.1, 0.15) is 0 Å². The molecule has 2 unspecified atom stereocenters. The molecule has 0 aromatic rings. The van der Waals surface area contributed by atoms with Crippen molar-refractivity contribution < 1.29 is 24.5 Å². The van der Waals surface area contributed by atoms with Gasteiger partial charge in [0, 0.05) is 12.8 Å². The summed E-state index contributed by atoms with van der Waals surface area (Å²) in [6.07, 6.45) is 86.6. The summed E-state index contributed by atoms with van der Waals surface area (Å²) in [7, 11) is 0. The fourth-order valence-corrected chi connectivity index (χ4v) is 11.0. The summed E-state index contributed by atoms with van der Waals surface area (Å²) in [4.78, 5) is 24.5. The van der Waals surface area contributed by atoms with E-state index in [1.54, 1.807) is 6.08 Å². The minimum absolute atomic E-state index is 0.0158. The molecular weight excluding hydrogens is 959 g/mol. The molecule has 78 heavy (non-hydrogen) atoms. The molecule has 0 rings (SSSR count). The van der Waals surface area contributed by atoms with E-state index in [0.717, 1.165) is 44.9 Å². The maximum atomic E-state index is 12.5. The number of unbranched alkanes of at least 4 members (excludes halogenated alkanes) is 51. The molecule has 0 heterocycles. The molecule has 0 aromatic heterocycles. The molecular formula is C72H137NO5. The SMILES string of the molecule is CCCCCCCCCCCCCCC/C=C/C(O)C(CO)NC(=O)CCCCCCCCCCCCCCCCCCC/C=C\C/C=C\CCCCCCCCCCCOC(=O)CCCCCCCCCCCCCCC. The maximum Gasteiger partial charge on any atom is 0.305 e. The molecule has 0 fully saturated rings. The van der Waals surface area contributed by atoms with Gasteiger partial charge in [-0.3, -0.25) is 9.59 Å². The van der Waals surface area contributed by atoms with Crippen molar-refractivity contribution in [1.29, 1.82) is 0 Å². The number of hydrogen-bond donors (Lipinski definition) is 3. The van der Waals surface area contributed by atoms with Crippen LogP contribution in [0.3, 0.4) is 0 Å². The van der Waals surface area contributed by atoms with Crippen molar-refractivity contribution in [2.45, 2.75) is 398 Å². The number of carbonyl (C=O) groups is 2. The molecule has 0 spiro atoms. The lowest BCUT2D eigenvalue weighted by molar-refractivity contribution is -0.143. The minimum atomic E-state index is -0.843. The summed E-state index contributed by atoms with van der Waals surface area (Å²) in [6, 6.07) is -0.626. The van der Waals surface area contributed by atoms with E-state index in [1.165, 1.54) is 315 Å². The van der Waals surface area contributed by atoms with Crippen LogP contribution in [-0.4, -0.2) is 47.4 Å². The second kappa shape index (κ2) is 67.6. The van der Waals surface area contributed by atoms with Crippen LogP contribution in [0.1, 0.15) is 386 Å². The van der Waals surface area contributed by atoms with Crippen molar-refractivity contribution in [3.63, 3.8) is 0 Å². The summed E-state index contributed by atoms with van der Waals surface area (Å²) in [6.45, 7) is 4.93. The van der Waals surface area contributed by atoms with Gasteiger partial charge in [-0.05, 0) is 64.2 Å². The van der Waals surface area contributed by atoms with Gasteiger partial charge in [0.2, 0.25) is 5.91 Å². The van der Waals surface area contributed by atoms with Gasteiger partial charge in [-0.1, -0.05) is 346 Å². The van der Waals surface area contributed by atoms with E-state index >= 15 is 0 Å². The van der Waals surface area contributed by atoms with Gasteiger partial charge >= 0.3 is 5.97 Å². The molecule has 2 atom stereocenters. The van der Waals surface area contributed by atoms with E-state index in [4.69, 9.17) is 4.74 Å². The topological polar surface area (TPSA) is 95.9 Å². The van der Waals surface area contributed by atoms with Crippen LogP contribution >= 0.6 is 0 Å². The number of nitrogens with one attached hydrogen (secondary N) is 1. The third-order valence-corrected chi connectivity index (χ3v) is 16.4. The molecule has 0 saturated carbocycles. The number of allylic oxidation sites excluding steroid dienone is 5. The molecule has 0 aliphatic rings. The average Bonchev–Trinajstić information content (AvgIpc) is 3.44. The van der Waals surface area contributed by atoms with Crippen LogP contribution in [0.15, 0.2) is 36.5 Å². The van der Waals surface area contributed by atoms with Gasteiger partial charge in [-0.25, -0.2) is 0 Å². The van der Waals surface area contributed by atoms with E-state index in [2.05, 4.69) is 43.5 Å². The molecule has 6 heteroatoms. The predicted octanol–water partition coefficient (Wildman–Crippen LogP) is 22.7. The number of aliphatic hydroxyl groups is 2. The molecule has 1 amide bonds. The maximum absolute atomic E-state index is 12.5. The Morgan fingerprint density at radius 3 is 0.974 bits per heavy atom. The fraction of sp³-hybridized carbons (Fsp3) is 0.889. The Bertz CT molecular complexity index is 1260. The Hall–Kier alpha value is -1.92. The standard InChI is InChI=1S/C72H137NO5/c1-3-5-7-9-11-13-15-17-37-41-44-48-52-56-60-64-70(75)69(68-74)73-71(76)65-61-57-53-49-45-42-38-35-33-31-29-27-25-23-21-19-18-20-22-24-26-28-30-32-34-36-39-43-47-51-55-59-63-67-78-72(77)66-62-58-54-50-46-40-16-14-12-10-8-6-4-2/h22,24,28,30,60,64,69-70,74-75H,3-21,23,25-27,29,31-59,61-63,65-68H2,1-2H3,(H,73,76)/b24-22-,30-28-,64-60+. The van der Waals surface area contributed by atoms with Gasteiger partial charge in [-0.2, -0.15) is 0 Å². The lowest BCUT2D eigenvalue weighted by atomic mass is 10.0. The summed E-state index contributed by atoms with van der Waals surface area (Å²) >= 11 is 0. The van der Waals surface area contributed by atoms with Crippen LogP contribution in [0.4, 0.5) is 0 Å². The minimum Gasteiger partial charge on any atom is -0.466 e. The highest BCUT2D eigenvalue weighted by Crippen LogP contribution is 2.18. The molecule has 0 saturated heterocycles. The van der Waals surface area contributed by atoms with E-state index < -0.39 is 12.1 Å². The van der Waals surface area contributed by atoms with E-state index in [9.17, 15) is 19.8 Å². The number of ether oxygens (including phenoxy) is 1. The first-order chi connectivity index (χ1) is 38.5. The second-order valence-electron chi connectivity index (χ2n) is 24.2. The largest absolute Gasteiger partial charge is 0.466 e. The number of rotatable bonds is 66. The van der Waals surface area contributed by atoms with Crippen molar-refractivity contribution in [3.05, 3.63) is 36.5 Å². The Labute approximate surface area is 487 Å². The first kappa shape index (κ1) is 76.1. The highest BCUT2D eigenvalue weighted by Gasteiger charge is 2.18. The Balaban J connectivity index is 3.39. The Morgan fingerprint density at radius 2 is 0.641 bits per heavy atom. The number of carbonyl (C=O) groups excluding carboxylic acids is 2. The first-order valence-electron chi connectivity index (χ1n) is 35.3. The second-order valence-corrected chi connectivity index (χ2v) is 24.2.